The number of methoxy groups -OCH3 is 1. The maximum Gasteiger partial charge on any atom is 0.434 e. The molecule has 39 heavy (non-hydrogen) atoms. The Balaban J connectivity index is 1.71. The molecular formula is C25H27ClF3N3O6S. The summed E-state index contributed by atoms with van der Waals surface area (Å²) in [5, 5.41) is 1.64. The van der Waals surface area contributed by atoms with Crippen LogP contribution in [0.4, 0.5) is 18.0 Å². The van der Waals surface area contributed by atoms with Crippen molar-refractivity contribution < 1.29 is 42.0 Å². The Hall–Kier alpha value is -2.87. The molecule has 1 aliphatic heterocycles. The van der Waals surface area contributed by atoms with Gasteiger partial charge < -0.3 is 14.2 Å². The Morgan fingerprint density at radius 2 is 1.92 bits per heavy atom. The summed E-state index contributed by atoms with van der Waals surface area (Å²) in [5.41, 5.74) is -1.31. The molecule has 14 heteroatoms. The molecule has 0 saturated carbocycles. The van der Waals surface area contributed by atoms with Gasteiger partial charge in [0.15, 0.2) is 5.69 Å². The molecule has 212 valence electrons. The molecule has 3 aromatic rings. The highest BCUT2D eigenvalue weighted by Crippen LogP contribution is 2.40. The Labute approximate surface area is 231 Å². The number of hydrogen-bond acceptors (Lipinski definition) is 9. The first-order valence-corrected chi connectivity index (χ1v) is 13.1. The summed E-state index contributed by atoms with van der Waals surface area (Å²) in [6, 6.07) is 4.44. The number of hydrogen-bond donors (Lipinski definition) is 0. The van der Waals surface area contributed by atoms with Gasteiger partial charge in [-0.3, -0.25) is 4.90 Å². The van der Waals surface area contributed by atoms with Crippen LogP contribution in [0, 0.1) is 0 Å². The zero-order valence-corrected chi connectivity index (χ0v) is 23.4. The molecule has 0 spiro atoms. The van der Waals surface area contributed by atoms with Crippen LogP contribution in [0.15, 0.2) is 23.6 Å². The molecule has 3 heterocycles. The average Bonchev–Trinajstić information content (AvgIpc) is 3.50. The molecule has 0 aliphatic carbocycles. The smallest absolute Gasteiger partial charge is 0.434 e. The summed E-state index contributed by atoms with van der Waals surface area (Å²) >= 11 is 7.34. The minimum Gasteiger partial charge on any atom is -0.495 e. The summed E-state index contributed by atoms with van der Waals surface area (Å²) in [4.78, 5) is 32.4. The number of thiazole rings is 1. The standard InChI is InChI=1S/C25H27ClF3N3O6S/c1-24(2,3)38-23(33)32-10-14(8-13(32)11-36-35-5)37-18-9-16(22-31-19(12-39-22)25(27,28)29)30-21-15(18)6-7-17(34-4)20(21)26/h6-7,9,12-14H,8,10-11H2,1-5H3/t13-,14-/m0/s1. The van der Waals surface area contributed by atoms with Crippen molar-refractivity contribution in [1.29, 1.82) is 0 Å². The molecular weight excluding hydrogens is 563 g/mol. The summed E-state index contributed by atoms with van der Waals surface area (Å²) < 4.78 is 56.8. The summed E-state index contributed by atoms with van der Waals surface area (Å²) in [6.45, 7) is 5.55. The van der Waals surface area contributed by atoms with Crippen LogP contribution < -0.4 is 9.47 Å². The van der Waals surface area contributed by atoms with Gasteiger partial charge in [0.1, 0.15) is 45.5 Å². The molecule has 1 fully saturated rings. The second-order valence-corrected chi connectivity index (χ2v) is 11.0. The maximum absolute atomic E-state index is 13.2. The fraction of sp³-hybridized carbons (Fsp3) is 0.480. The highest BCUT2D eigenvalue weighted by atomic mass is 35.5. The molecule has 0 N–H and O–H groups in total. The molecule has 2 atom stereocenters. The fourth-order valence-electron chi connectivity index (χ4n) is 4.08. The van der Waals surface area contributed by atoms with E-state index in [0.717, 1.165) is 16.7 Å². The highest BCUT2D eigenvalue weighted by Gasteiger charge is 2.39. The van der Waals surface area contributed by atoms with Crippen molar-refractivity contribution in [3.8, 4) is 22.2 Å². The lowest BCUT2D eigenvalue weighted by atomic mass is 10.1. The predicted molar refractivity (Wildman–Crippen MR) is 138 cm³/mol. The van der Waals surface area contributed by atoms with Crippen molar-refractivity contribution in [1.82, 2.24) is 14.9 Å². The normalized spacial score (nSPS) is 18.0. The number of halogens is 4. The molecule has 1 saturated heterocycles. The van der Waals surface area contributed by atoms with Crippen LogP contribution >= 0.6 is 22.9 Å². The monoisotopic (exact) mass is 589 g/mol. The first-order chi connectivity index (χ1) is 18.3. The first kappa shape index (κ1) is 29.1. The Bertz CT molecular complexity index is 1350. The number of alkyl halides is 3. The van der Waals surface area contributed by atoms with E-state index in [1.54, 1.807) is 32.9 Å². The molecule has 0 radical (unpaired) electrons. The van der Waals surface area contributed by atoms with Crippen LogP contribution in [0.3, 0.4) is 0 Å². The molecule has 0 unspecified atom stereocenters. The van der Waals surface area contributed by atoms with Gasteiger partial charge in [-0.1, -0.05) is 11.6 Å². The van der Waals surface area contributed by atoms with Crippen LogP contribution in [0.5, 0.6) is 11.5 Å². The lowest BCUT2D eigenvalue weighted by molar-refractivity contribution is -0.278. The van der Waals surface area contributed by atoms with E-state index >= 15 is 0 Å². The molecule has 0 bridgehead atoms. The SMILES string of the molecule is COOC[C@@H]1C[C@H](Oc2cc(-c3nc(C(F)(F)F)cs3)nc3c(Cl)c(OC)ccc23)CN1C(=O)OC(C)(C)C. The van der Waals surface area contributed by atoms with Crippen molar-refractivity contribution in [2.24, 2.45) is 0 Å². The van der Waals surface area contributed by atoms with E-state index in [4.69, 9.17) is 35.6 Å². The maximum atomic E-state index is 13.2. The Morgan fingerprint density at radius 3 is 2.54 bits per heavy atom. The van der Waals surface area contributed by atoms with Gasteiger partial charge in [0.2, 0.25) is 0 Å². The summed E-state index contributed by atoms with van der Waals surface area (Å²) in [6.07, 6.45) is -5.26. The topological polar surface area (TPSA) is 92.2 Å². The van der Waals surface area contributed by atoms with Crippen molar-refractivity contribution in [3.05, 3.63) is 34.3 Å². The quantitative estimate of drug-likeness (QED) is 0.232. The van der Waals surface area contributed by atoms with E-state index in [1.165, 1.54) is 25.2 Å². The third-order valence-electron chi connectivity index (χ3n) is 5.76. The number of likely N-dealkylation sites (tertiary alicyclic amines) is 1. The minimum absolute atomic E-state index is 0.0427. The van der Waals surface area contributed by atoms with E-state index in [9.17, 15) is 18.0 Å². The predicted octanol–water partition coefficient (Wildman–Crippen LogP) is 6.37. The number of nitrogens with zero attached hydrogens (tertiary/aromatic N) is 3. The van der Waals surface area contributed by atoms with E-state index in [2.05, 4.69) is 9.97 Å². The zero-order chi connectivity index (χ0) is 28.5. The highest BCUT2D eigenvalue weighted by molar-refractivity contribution is 7.13. The lowest BCUT2D eigenvalue weighted by Gasteiger charge is -2.27. The first-order valence-electron chi connectivity index (χ1n) is 11.8. The van der Waals surface area contributed by atoms with Crippen LogP contribution in [0.1, 0.15) is 32.9 Å². The van der Waals surface area contributed by atoms with Crippen LogP contribution in [0.25, 0.3) is 21.6 Å². The number of carbonyl (C=O) groups is 1. The number of benzene rings is 1. The van der Waals surface area contributed by atoms with Gasteiger partial charge in [-0.25, -0.2) is 24.5 Å². The average molecular weight is 590 g/mol. The third-order valence-corrected chi connectivity index (χ3v) is 6.99. The van der Waals surface area contributed by atoms with E-state index in [-0.39, 0.29) is 34.4 Å². The van der Waals surface area contributed by atoms with Crippen molar-refractivity contribution in [2.75, 3.05) is 27.4 Å². The summed E-state index contributed by atoms with van der Waals surface area (Å²) in [5.74, 6) is 0.648. The molecule has 1 aromatic carbocycles. The third kappa shape index (κ3) is 6.65. The minimum atomic E-state index is -4.60. The fourth-order valence-corrected chi connectivity index (χ4v) is 5.15. The van der Waals surface area contributed by atoms with Crippen molar-refractivity contribution in [2.45, 2.75) is 51.1 Å². The van der Waals surface area contributed by atoms with Crippen molar-refractivity contribution >= 4 is 39.9 Å². The van der Waals surface area contributed by atoms with Gasteiger partial charge >= 0.3 is 12.3 Å². The molecule has 1 amide bonds. The van der Waals surface area contributed by atoms with Crippen molar-refractivity contribution in [3.63, 3.8) is 0 Å². The van der Waals surface area contributed by atoms with Crippen LogP contribution in [-0.2, 0) is 20.7 Å². The van der Waals surface area contributed by atoms with E-state index < -0.39 is 35.7 Å². The van der Waals surface area contributed by atoms with Crippen LogP contribution in [0.2, 0.25) is 5.02 Å². The molecule has 2 aromatic heterocycles. The Morgan fingerprint density at radius 1 is 1.18 bits per heavy atom. The Kier molecular flexibility index (Phi) is 8.45. The van der Waals surface area contributed by atoms with Gasteiger partial charge in [-0.2, -0.15) is 13.2 Å². The van der Waals surface area contributed by atoms with Crippen LogP contribution in [-0.4, -0.2) is 66.1 Å². The number of pyridine rings is 1. The number of amides is 1. The number of carbonyl (C=O) groups excluding carboxylic acids is 1. The summed E-state index contributed by atoms with van der Waals surface area (Å²) in [7, 11) is 2.81. The van der Waals surface area contributed by atoms with E-state index in [1.807, 2.05) is 0 Å². The molecule has 4 rings (SSSR count). The number of rotatable bonds is 7. The second kappa shape index (κ2) is 11.3. The number of aromatic nitrogens is 2. The number of ether oxygens (including phenoxy) is 3. The van der Waals surface area contributed by atoms with Gasteiger partial charge in [-0.05, 0) is 32.9 Å². The zero-order valence-electron chi connectivity index (χ0n) is 21.8. The largest absolute Gasteiger partial charge is 0.495 e. The lowest BCUT2D eigenvalue weighted by Crippen LogP contribution is -2.42. The van der Waals surface area contributed by atoms with Gasteiger partial charge in [-0.15, -0.1) is 11.3 Å². The second-order valence-electron chi connectivity index (χ2n) is 9.73. The molecule has 9 nitrogen and oxygen atoms in total. The number of fused-ring (bicyclic) bond motifs is 1. The van der Waals surface area contributed by atoms with E-state index in [0.29, 0.717) is 23.3 Å². The van der Waals surface area contributed by atoms with Gasteiger partial charge in [0, 0.05) is 23.3 Å². The van der Waals surface area contributed by atoms with Gasteiger partial charge in [0.25, 0.3) is 0 Å². The van der Waals surface area contributed by atoms with Gasteiger partial charge in [0.05, 0.1) is 32.3 Å². The molecule has 1 aliphatic rings.